The van der Waals surface area contributed by atoms with Gasteiger partial charge in [0.05, 0.1) is 22.5 Å². The summed E-state index contributed by atoms with van der Waals surface area (Å²) < 4.78 is 5.09. The van der Waals surface area contributed by atoms with E-state index in [0.717, 1.165) is 4.90 Å². The van der Waals surface area contributed by atoms with Crippen molar-refractivity contribution in [3.8, 4) is 0 Å². The summed E-state index contributed by atoms with van der Waals surface area (Å²) in [6.45, 7) is 12.2. The van der Waals surface area contributed by atoms with Crippen molar-refractivity contribution in [2.24, 2.45) is 0 Å². The molecule has 34 heavy (non-hydrogen) atoms. The molecule has 11 heteroatoms. The summed E-state index contributed by atoms with van der Waals surface area (Å²) in [7, 11) is 0. The number of amides is 2. The smallest absolute Gasteiger partial charge is 0.412 e. The highest BCUT2D eigenvalue weighted by Crippen LogP contribution is 2.29. The summed E-state index contributed by atoms with van der Waals surface area (Å²) in [6, 6.07) is 3.01. The Bertz CT molecular complexity index is 1060. The van der Waals surface area contributed by atoms with Crippen molar-refractivity contribution in [1.29, 1.82) is 0 Å². The van der Waals surface area contributed by atoms with Crippen molar-refractivity contribution < 1.29 is 29.0 Å². The van der Waals surface area contributed by atoms with Gasteiger partial charge in [-0.3, -0.25) is 24.8 Å². The first-order valence-corrected chi connectivity index (χ1v) is 10.5. The Morgan fingerprint density at radius 3 is 2.06 bits per heavy atom. The van der Waals surface area contributed by atoms with Crippen LogP contribution >= 0.6 is 11.6 Å². The lowest BCUT2D eigenvalue weighted by Gasteiger charge is -2.33. The molecule has 2 aromatic rings. The molecule has 0 bridgehead atoms. The molecule has 2 amide bonds. The Kier molecular flexibility index (Phi) is 9.69. The first-order chi connectivity index (χ1) is 15.6. The van der Waals surface area contributed by atoms with Gasteiger partial charge in [0, 0.05) is 23.6 Å². The molecule has 2 heterocycles. The minimum atomic E-state index is -1.15. The molecule has 0 fully saturated rings. The zero-order valence-corrected chi connectivity index (χ0v) is 20.9. The number of carbonyl (C=O) groups is 4. The molecule has 2 rings (SSSR count). The number of nitrogens with zero attached hydrogens (tertiary/aromatic N) is 3. The number of hydrogen-bond donors (Lipinski definition) is 2. The molecule has 0 radical (unpaired) electrons. The van der Waals surface area contributed by atoms with E-state index in [4.69, 9.17) is 16.3 Å². The maximum absolute atomic E-state index is 11.5. The number of carboxylic acid groups (broad SMARTS) is 1. The molecule has 2 aromatic heterocycles. The van der Waals surface area contributed by atoms with Gasteiger partial charge in [-0.2, -0.15) is 0 Å². The summed E-state index contributed by atoms with van der Waals surface area (Å²) in [5, 5.41) is 11.7. The van der Waals surface area contributed by atoms with Crippen molar-refractivity contribution >= 4 is 47.7 Å². The number of nitrogens with one attached hydrogen (secondary N) is 1. The Labute approximate surface area is 203 Å². The SMILES string of the molecule is CC(C)(C)N(C(=O)O)c1ccnc(Cl)c1C=O.Cc1nccc(NC(=O)OC(C)(C)C)c1C=O. The van der Waals surface area contributed by atoms with E-state index in [1.165, 1.54) is 18.5 Å². The van der Waals surface area contributed by atoms with Crippen LogP contribution in [0.3, 0.4) is 0 Å². The molecular weight excluding hydrogens is 464 g/mol. The molecule has 0 saturated carbocycles. The maximum Gasteiger partial charge on any atom is 0.412 e. The van der Waals surface area contributed by atoms with E-state index in [2.05, 4.69) is 15.3 Å². The van der Waals surface area contributed by atoms with Gasteiger partial charge >= 0.3 is 12.2 Å². The molecule has 0 unspecified atom stereocenters. The van der Waals surface area contributed by atoms with Crippen LogP contribution in [0, 0.1) is 6.92 Å². The van der Waals surface area contributed by atoms with E-state index in [0.29, 0.717) is 29.5 Å². The van der Waals surface area contributed by atoms with Crippen molar-refractivity contribution in [2.75, 3.05) is 10.2 Å². The third-order valence-corrected chi connectivity index (χ3v) is 4.38. The van der Waals surface area contributed by atoms with Gasteiger partial charge in [0.15, 0.2) is 12.6 Å². The largest absolute Gasteiger partial charge is 0.465 e. The van der Waals surface area contributed by atoms with Crippen LogP contribution in [-0.2, 0) is 4.74 Å². The number of halogens is 1. The van der Waals surface area contributed by atoms with E-state index >= 15 is 0 Å². The van der Waals surface area contributed by atoms with E-state index in [1.807, 2.05) is 0 Å². The molecule has 184 valence electrons. The van der Waals surface area contributed by atoms with Crippen LogP contribution < -0.4 is 10.2 Å². The second-order valence-corrected chi connectivity index (χ2v) is 9.40. The molecule has 0 aliphatic carbocycles. The quantitative estimate of drug-likeness (QED) is 0.428. The fourth-order valence-electron chi connectivity index (χ4n) is 2.74. The molecule has 0 saturated heterocycles. The van der Waals surface area contributed by atoms with Gasteiger partial charge < -0.3 is 9.84 Å². The second-order valence-electron chi connectivity index (χ2n) is 9.04. The van der Waals surface area contributed by atoms with Crippen LogP contribution in [0.1, 0.15) is 68.0 Å². The molecule has 10 nitrogen and oxygen atoms in total. The number of hydrogen-bond acceptors (Lipinski definition) is 7. The number of aldehydes is 2. The Balaban J connectivity index is 0.000000340. The number of carbonyl (C=O) groups excluding carboxylic acids is 3. The lowest BCUT2D eigenvalue weighted by atomic mass is 10.0. The average Bonchev–Trinajstić information content (AvgIpc) is 2.66. The van der Waals surface area contributed by atoms with Crippen LogP contribution in [0.15, 0.2) is 24.5 Å². The van der Waals surface area contributed by atoms with E-state index in [-0.39, 0.29) is 16.4 Å². The topological polar surface area (TPSA) is 139 Å². The Hall–Kier alpha value is -3.53. The van der Waals surface area contributed by atoms with Crippen LogP contribution in [-0.4, -0.2) is 51.0 Å². The fraction of sp³-hybridized carbons (Fsp3) is 0.391. The second kappa shape index (κ2) is 11.6. The zero-order valence-electron chi connectivity index (χ0n) is 20.2. The van der Waals surface area contributed by atoms with Gasteiger partial charge in [-0.1, -0.05) is 11.6 Å². The highest BCUT2D eigenvalue weighted by atomic mass is 35.5. The third kappa shape index (κ3) is 8.11. The Morgan fingerprint density at radius 1 is 1.03 bits per heavy atom. The molecule has 0 aliphatic rings. The van der Waals surface area contributed by atoms with Crippen LogP contribution in [0.25, 0.3) is 0 Å². The normalized spacial score (nSPS) is 10.9. The highest BCUT2D eigenvalue weighted by molar-refractivity contribution is 6.32. The van der Waals surface area contributed by atoms with Gasteiger partial charge in [0.1, 0.15) is 10.8 Å². The lowest BCUT2D eigenvalue weighted by molar-refractivity contribution is 0.0635. The summed E-state index contributed by atoms with van der Waals surface area (Å²) in [5.74, 6) is 0. The molecular formula is C23H29ClN4O6. The molecule has 2 N–H and O–H groups in total. The minimum Gasteiger partial charge on any atom is -0.465 e. The van der Waals surface area contributed by atoms with Gasteiger partial charge in [0.25, 0.3) is 0 Å². The van der Waals surface area contributed by atoms with E-state index in [1.54, 1.807) is 54.5 Å². The predicted octanol–water partition coefficient (Wildman–Crippen LogP) is 5.38. The standard InChI is InChI=1S/C12H16N2O3.C11H13ClN2O3/c1-8-9(7-15)10(5-6-13-8)14-11(16)17-12(2,3)4;1-11(2,3)14(10(16)17)8-4-5-13-9(12)7(8)6-15/h5-7H,1-4H3,(H,13,14,16);4-6H,1-3H3,(H,16,17). The van der Waals surface area contributed by atoms with Crippen LogP contribution in [0.5, 0.6) is 0 Å². The van der Waals surface area contributed by atoms with Crippen molar-refractivity contribution in [1.82, 2.24) is 9.97 Å². The first kappa shape index (κ1) is 28.5. The van der Waals surface area contributed by atoms with Crippen molar-refractivity contribution in [2.45, 2.75) is 59.6 Å². The number of ether oxygens (including phenoxy) is 1. The molecule has 0 aromatic carbocycles. The number of anilines is 2. The maximum atomic E-state index is 11.5. The van der Waals surface area contributed by atoms with Gasteiger partial charge in [-0.25, -0.2) is 14.6 Å². The first-order valence-electron chi connectivity index (χ1n) is 10.2. The summed E-state index contributed by atoms with van der Waals surface area (Å²) in [6.07, 6.45) is 2.32. The van der Waals surface area contributed by atoms with E-state index in [9.17, 15) is 24.3 Å². The molecule has 0 atom stereocenters. The number of rotatable bonds is 4. The average molecular weight is 493 g/mol. The summed E-state index contributed by atoms with van der Waals surface area (Å²) in [5.41, 5.74) is 0.377. The summed E-state index contributed by atoms with van der Waals surface area (Å²) in [4.78, 5) is 53.5. The Morgan fingerprint density at radius 2 is 1.59 bits per heavy atom. The number of aromatic nitrogens is 2. The van der Waals surface area contributed by atoms with E-state index < -0.39 is 23.3 Å². The van der Waals surface area contributed by atoms with Gasteiger partial charge in [-0.15, -0.1) is 0 Å². The monoisotopic (exact) mass is 492 g/mol. The molecule has 0 spiro atoms. The lowest BCUT2D eigenvalue weighted by Crippen LogP contribution is -2.45. The fourth-order valence-corrected chi connectivity index (χ4v) is 2.94. The van der Waals surface area contributed by atoms with Crippen molar-refractivity contribution in [3.05, 3.63) is 46.5 Å². The molecule has 0 aliphatic heterocycles. The predicted molar refractivity (Wildman–Crippen MR) is 129 cm³/mol. The zero-order chi connectivity index (χ0) is 26.3. The third-order valence-electron chi connectivity index (χ3n) is 4.08. The number of aryl methyl sites for hydroxylation is 1. The van der Waals surface area contributed by atoms with Crippen LogP contribution in [0.4, 0.5) is 21.0 Å². The highest BCUT2D eigenvalue weighted by Gasteiger charge is 2.30. The van der Waals surface area contributed by atoms with Crippen LogP contribution in [0.2, 0.25) is 5.15 Å². The van der Waals surface area contributed by atoms with Crippen molar-refractivity contribution in [3.63, 3.8) is 0 Å². The summed E-state index contributed by atoms with van der Waals surface area (Å²) >= 11 is 5.77. The number of pyridine rings is 2. The van der Waals surface area contributed by atoms with Gasteiger partial charge in [0.2, 0.25) is 0 Å². The van der Waals surface area contributed by atoms with Gasteiger partial charge in [-0.05, 0) is 60.6 Å². The minimum absolute atomic E-state index is 0.00648.